The SMILES string of the molecule is Brc1ccc(Br)cc1.Brc1ccc([Si](c2ccccc2)(c2ccccc2)c2ccc(Br)cc2)cc1.Cl[Si](Cl)(c1ccccc1)c1ccccc1. The number of rotatable bonds is 6. The first-order chi connectivity index (χ1) is 24.2. The molecule has 0 nitrogen and oxygen atoms in total. The second-order valence-corrected chi connectivity index (χ2v) is 25.0. The molecule has 0 aliphatic heterocycles. The lowest BCUT2D eigenvalue weighted by Gasteiger charge is -2.34. The molecule has 7 aromatic rings. The second-order valence-electron chi connectivity index (χ2n) is 11.2. The molecule has 0 heterocycles. The van der Waals surface area contributed by atoms with Crippen molar-refractivity contribution < 1.29 is 0 Å². The molecular formula is C42H32Br4Cl2Si2. The topological polar surface area (TPSA) is 0 Å². The summed E-state index contributed by atoms with van der Waals surface area (Å²) in [5.41, 5.74) is 0. The Morgan fingerprint density at radius 2 is 0.460 bits per heavy atom. The lowest BCUT2D eigenvalue weighted by Crippen LogP contribution is -2.74. The van der Waals surface area contributed by atoms with Gasteiger partial charge in [0.1, 0.15) is 0 Å². The predicted octanol–water partition coefficient (Wildman–Crippen LogP) is 10.5. The summed E-state index contributed by atoms with van der Waals surface area (Å²) in [6, 6.07) is 67.3. The highest BCUT2D eigenvalue weighted by Crippen LogP contribution is 2.17. The molecule has 0 saturated carbocycles. The molecule has 0 spiro atoms. The summed E-state index contributed by atoms with van der Waals surface area (Å²) in [6.45, 7) is -2.51. The molecule has 0 aliphatic rings. The van der Waals surface area contributed by atoms with Gasteiger partial charge in [-0.3, -0.25) is 0 Å². The van der Waals surface area contributed by atoms with Crippen molar-refractivity contribution in [2.24, 2.45) is 0 Å². The number of halogens is 6. The molecule has 7 aromatic carbocycles. The predicted molar refractivity (Wildman–Crippen MR) is 237 cm³/mol. The van der Waals surface area contributed by atoms with Crippen LogP contribution < -0.4 is 31.1 Å². The van der Waals surface area contributed by atoms with Gasteiger partial charge in [0.2, 0.25) is 0 Å². The lowest BCUT2D eigenvalue weighted by atomic mass is 10.3. The summed E-state index contributed by atoms with van der Waals surface area (Å²) < 4.78 is 4.43. The minimum Gasteiger partial charge on any atom is -0.134 e. The van der Waals surface area contributed by atoms with Crippen molar-refractivity contribution in [2.75, 3.05) is 0 Å². The summed E-state index contributed by atoms with van der Waals surface area (Å²) in [4.78, 5) is 0. The Hall–Kier alpha value is -2.53. The van der Waals surface area contributed by atoms with E-state index in [0.717, 1.165) is 28.3 Å². The van der Waals surface area contributed by atoms with Crippen molar-refractivity contribution >= 4 is 132 Å². The van der Waals surface area contributed by atoms with Gasteiger partial charge in [-0.15, -0.1) is 22.2 Å². The van der Waals surface area contributed by atoms with Crippen LogP contribution in [0, 0.1) is 0 Å². The Morgan fingerprint density at radius 1 is 0.260 bits per heavy atom. The van der Waals surface area contributed by atoms with Crippen molar-refractivity contribution in [3.63, 3.8) is 0 Å². The maximum Gasteiger partial charge on any atom is 0.310 e. The van der Waals surface area contributed by atoms with Crippen LogP contribution in [0.3, 0.4) is 0 Å². The van der Waals surface area contributed by atoms with Gasteiger partial charge in [-0.25, -0.2) is 0 Å². The highest BCUT2D eigenvalue weighted by Gasteiger charge is 2.41. The largest absolute Gasteiger partial charge is 0.310 e. The van der Waals surface area contributed by atoms with Gasteiger partial charge in [0.15, 0.2) is 8.07 Å². The quantitative estimate of drug-likeness (QED) is 0.0885. The van der Waals surface area contributed by atoms with E-state index in [-0.39, 0.29) is 0 Å². The molecule has 0 aliphatic carbocycles. The third-order valence-electron chi connectivity index (χ3n) is 8.04. The number of benzene rings is 7. The molecule has 7 rings (SSSR count). The Bertz CT molecular complexity index is 1880. The zero-order valence-electron chi connectivity index (χ0n) is 26.7. The van der Waals surface area contributed by atoms with Gasteiger partial charge in [-0.05, 0) is 79.7 Å². The molecule has 0 bridgehead atoms. The zero-order chi connectivity index (χ0) is 35.4. The minimum atomic E-state index is -2.51. The molecule has 250 valence electrons. The van der Waals surface area contributed by atoms with E-state index in [1.165, 1.54) is 20.7 Å². The summed E-state index contributed by atoms with van der Waals surface area (Å²) in [5.74, 6) is 0. The number of hydrogen-bond donors (Lipinski definition) is 0. The first-order valence-electron chi connectivity index (χ1n) is 15.7. The van der Waals surface area contributed by atoms with Gasteiger partial charge in [0.05, 0.1) is 0 Å². The first-order valence-corrected chi connectivity index (χ1v) is 24.9. The van der Waals surface area contributed by atoms with Crippen LogP contribution in [0.1, 0.15) is 0 Å². The molecule has 0 atom stereocenters. The average molecular weight is 983 g/mol. The van der Waals surface area contributed by atoms with Gasteiger partial charge in [0.25, 0.3) is 0 Å². The van der Waals surface area contributed by atoms with E-state index < -0.39 is 14.8 Å². The average Bonchev–Trinajstić information content (AvgIpc) is 3.17. The molecule has 0 N–H and O–H groups in total. The summed E-state index contributed by atoms with van der Waals surface area (Å²) in [5, 5.41) is 7.59. The third-order valence-corrected chi connectivity index (χ3v) is 19.7. The van der Waals surface area contributed by atoms with Crippen LogP contribution >= 0.6 is 85.9 Å². The fourth-order valence-electron chi connectivity index (χ4n) is 5.67. The van der Waals surface area contributed by atoms with Gasteiger partial charge in [-0.2, -0.15) is 0 Å². The molecule has 0 aromatic heterocycles. The van der Waals surface area contributed by atoms with Crippen LogP contribution in [-0.4, -0.2) is 14.8 Å². The molecular weight excluding hydrogens is 951 g/mol. The lowest BCUT2D eigenvalue weighted by molar-refractivity contribution is 1.61. The minimum absolute atomic E-state index is 1.03. The van der Waals surface area contributed by atoms with Crippen molar-refractivity contribution in [1.82, 2.24) is 0 Å². The van der Waals surface area contributed by atoms with Gasteiger partial charge in [0, 0.05) is 17.9 Å². The Balaban J connectivity index is 0.000000176. The van der Waals surface area contributed by atoms with Crippen LogP contribution in [0.5, 0.6) is 0 Å². The van der Waals surface area contributed by atoms with Crippen LogP contribution in [0.25, 0.3) is 0 Å². The molecule has 8 heteroatoms. The number of hydrogen-bond acceptors (Lipinski definition) is 0. The highest BCUT2D eigenvalue weighted by atomic mass is 79.9. The fraction of sp³-hybridized carbons (Fsp3) is 0. The van der Waals surface area contributed by atoms with E-state index in [9.17, 15) is 0 Å². The molecule has 0 saturated heterocycles. The van der Waals surface area contributed by atoms with Gasteiger partial charge >= 0.3 is 6.69 Å². The molecule has 0 fully saturated rings. The van der Waals surface area contributed by atoms with E-state index in [4.69, 9.17) is 22.2 Å². The fourth-order valence-corrected chi connectivity index (χ4v) is 14.5. The van der Waals surface area contributed by atoms with Gasteiger partial charge < -0.3 is 0 Å². The van der Waals surface area contributed by atoms with Crippen molar-refractivity contribution in [2.45, 2.75) is 0 Å². The van der Waals surface area contributed by atoms with E-state index in [0.29, 0.717) is 0 Å². The Kier molecular flexibility index (Phi) is 14.6. The summed E-state index contributed by atoms with van der Waals surface area (Å²) in [7, 11) is -2.39. The highest BCUT2D eigenvalue weighted by molar-refractivity contribution is 9.11. The van der Waals surface area contributed by atoms with E-state index in [1.807, 2.05) is 84.9 Å². The monoisotopic (exact) mass is 978 g/mol. The van der Waals surface area contributed by atoms with Crippen molar-refractivity contribution in [3.8, 4) is 0 Å². The van der Waals surface area contributed by atoms with E-state index >= 15 is 0 Å². The summed E-state index contributed by atoms with van der Waals surface area (Å²) >= 11 is 26.8. The van der Waals surface area contributed by atoms with E-state index in [2.05, 4.69) is 173 Å². The maximum atomic E-state index is 6.49. The second kappa shape index (κ2) is 18.8. The van der Waals surface area contributed by atoms with E-state index in [1.54, 1.807) is 0 Å². The maximum absolute atomic E-state index is 6.49. The van der Waals surface area contributed by atoms with Crippen LogP contribution in [-0.2, 0) is 0 Å². The van der Waals surface area contributed by atoms with Crippen LogP contribution in [0.2, 0.25) is 0 Å². The smallest absolute Gasteiger partial charge is 0.134 e. The molecule has 0 radical (unpaired) electrons. The molecule has 0 amide bonds. The summed E-state index contributed by atoms with van der Waals surface area (Å²) in [6.07, 6.45) is 0. The normalized spacial score (nSPS) is 11.0. The Morgan fingerprint density at radius 3 is 0.720 bits per heavy atom. The zero-order valence-corrected chi connectivity index (χ0v) is 36.6. The molecule has 0 unspecified atom stereocenters. The Labute approximate surface area is 340 Å². The first kappa shape index (κ1) is 38.7. The van der Waals surface area contributed by atoms with Crippen LogP contribution in [0.15, 0.2) is 212 Å². The standard InChI is InChI=1S/C24H18Br2Si.C12H10Cl2Si.C6H4Br2/c25-19-11-15-23(16-12-19)27(21-7-3-1-4-8-21,22-9-5-2-6-10-22)24-17-13-20(26)14-18-24;13-15(14,11-7-3-1-4-8-11)12-9-5-2-6-10-12;7-5-1-2-6(8)4-3-5/h1-18H;1-10H;1-4H. The van der Waals surface area contributed by atoms with Crippen LogP contribution in [0.4, 0.5) is 0 Å². The van der Waals surface area contributed by atoms with Crippen molar-refractivity contribution in [1.29, 1.82) is 0 Å². The van der Waals surface area contributed by atoms with Gasteiger partial charge in [-0.1, -0.05) is 209 Å². The molecule has 50 heavy (non-hydrogen) atoms. The van der Waals surface area contributed by atoms with Crippen molar-refractivity contribution in [3.05, 3.63) is 212 Å². The third kappa shape index (κ3) is 9.87.